The van der Waals surface area contributed by atoms with Crippen LogP contribution < -0.4 is 4.90 Å². The highest BCUT2D eigenvalue weighted by Crippen LogP contribution is 2.37. The molecule has 0 N–H and O–H groups in total. The van der Waals surface area contributed by atoms with Gasteiger partial charge in [-0.25, -0.2) is 0 Å². The number of hydrogen-bond acceptors (Lipinski definition) is 2. The lowest BCUT2D eigenvalue weighted by Crippen LogP contribution is -2.45. The number of nitrogens with zero attached hydrogens (tertiary/aromatic N) is 2. The van der Waals surface area contributed by atoms with Crippen molar-refractivity contribution in [1.29, 1.82) is 5.26 Å². The highest BCUT2D eigenvalue weighted by molar-refractivity contribution is 5.56. The Bertz CT molecular complexity index is 597. The summed E-state index contributed by atoms with van der Waals surface area (Å²) in [6.07, 6.45) is -8.59. The van der Waals surface area contributed by atoms with Crippen LogP contribution in [0.5, 0.6) is 0 Å². The Morgan fingerprint density at radius 3 is 2.26 bits per heavy atom. The van der Waals surface area contributed by atoms with Gasteiger partial charge < -0.3 is 4.90 Å². The van der Waals surface area contributed by atoms with Crippen LogP contribution in [0.1, 0.15) is 24.5 Å². The fourth-order valence-corrected chi connectivity index (χ4v) is 2.22. The van der Waals surface area contributed by atoms with E-state index in [1.807, 2.05) is 0 Å². The standard InChI is InChI=1S/C15H14F6N2/c1-3-7-23(13(4-2)15(19,20)21)11-6-5-10(9-22)12(8-11)14(16,17)18/h3,5-6,8,13H,1,4,7H2,2H3. The van der Waals surface area contributed by atoms with E-state index in [1.165, 1.54) is 19.1 Å². The predicted molar refractivity (Wildman–Crippen MR) is 73.8 cm³/mol. The smallest absolute Gasteiger partial charge is 0.356 e. The van der Waals surface area contributed by atoms with Crippen molar-refractivity contribution < 1.29 is 26.3 Å². The van der Waals surface area contributed by atoms with Crippen molar-refractivity contribution in [3.63, 3.8) is 0 Å². The fraction of sp³-hybridized carbons (Fsp3) is 0.400. The molecule has 0 aliphatic heterocycles. The minimum atomic E-state index is -4.83. The minimum absolute atomic E-state index is 0.264. The molecule has 2 nitrogen and oxygen atoms in total. The van der Waals surface area contributed by atoms with Gasteiger partial charge in [0.15, 0.2) is 0 Å². The maximum Gasteiger partial charge on any atom is 0.417 e. The van der Waals surface area contributed by atoms with Crippen molar-refractivity contribution >= 4 is 5.69 Å². The normalized spacial score (nSPS) is 13.3. The summed E-state index contributed by atoms with van der Waals surface area (Å²) in [6, 6.07) is 1.96. The van der Waals surface area contributed by atoms with Crippen molar-refractivity contribution in [2.75, 3.05) is 11.4 Å². The molecule has 0 aliphatic carbocycles. The van der Waals surface area contributed by atoms with Gasteiger partial charge in [-0.1, -0.05) is 13.0 Å². The summed E-state index contributed by atoms with van der Waals surface area (Å²) in [5.41, 5.74) is -2.16. The Kier molecular flexibility index (Phi) is 5.70. The minimum Gasteiger partial charge on any atom is -0.356 e. The molecule has 1 aromatic rings. The summed E-state index contributed by atoms with van der Waals surface area (Å²) in [4.78, 5) is 0.795. The molecular formula is C15H14F6N2. The third-order valence-electron chi connectivity index (χ3n) is 3.23. The van der Waals surface area contributed by atoms with Gasteiger partial charge in [-0.15, -0.1) is 6.58 Å². The number of anilines is 1. The zero-order valence-electron chi connectivity index (χ0n) is 12.2. The summed E-state index contributed by atoms with van der Waals surface area (Å²) in [5.74, 6) is 0. The van der Waals surface area contributed by atoms with Gasteiger partial charge >= 0.3 is 12.4 Å². The molecule has 0 fully saturated rings. The fourth-order valence-electron chi connectivity index (χ4n) is 2.22. The lowest BCUT2D eigenvalue weighted by atomic mass is 10.0. The molecule has 1 unspecified atom stereocenters. The molecular weight excluding hydrogens is 322 g/mol. The molecule has 1 rings (SSSR count). The van der Waals surface area contributed by atoms with Crippen LogP contribution in [0.25, 0.3) is 0 Å². The van der Waals surface area contributed by atoms with E-state index in [0.29, 0.717) is 6.07 Å². The zero-order valence-corrected chi connectivity index (χ0v) is 12.2. The van der Waals surface area contributed by atoms with E-state index in [2.05, 4.69) is 6.58 Å². The van der Waals surface area contributed by atoms with Gasteiger partial charge in [-0.3, -0.25) is 0 Å². The van der Waals surface area contributed by atoms with Gasteiger partial charge in [0.05, 0.1) is 17.2 Å². The summed E-state index contributed by atoms with van der Waals surface area (Å²) in [6.45, 7) is 4.36. The van der Waals surface area contributed by atoms with Crippen molar-refractivity contribution in [1.82, 2.24) is 0 Å². The molecule has 0 heterocycles. The van der Waals surface area contributed by atoms with E-state index in [1.54, 1.807) is 0 Å². The highest BCUT2D eigenvalue weighted by Gasteiger charge is 2.43. The molecule has 0 saturated carbocycles. The number of rotatable bonds is 5. The first kappa shape index (κ1) is 18.9. The zero-order chi connectivity index (χ0) is 17.8. The van der Waals surface area contributed by atoms with Gasteiger partial charge in [-0.2, -0.15) is 31.6 Å². The van der Waals surface area contributed by atoms with E-state index in [-0.39, 0.29) is 18.7 Å². The first-order chi connectivity index (χ1) is 10.6. The lowest BCUT2D eigenvalue weighted by Gasteiger charge is -2.34. The lowest BCUT2D eigenvalue weighted by molar-refractivity contribution is -0.149. The molecule has 0 radical (unpaired) electrons. The van der Waals surface area contributed by atoms with Crippen LogP contribution >= 0.6 is 0 Å². The Hall–Kier alpha value is -2.17. The van der Waals surface area contributed by atoms with Crippen LogP contribution in [0, 0.1) is 11.3 Å². The average molecular weight is 336 g/mol. The predicted octanol–water partition coefficient (Wildman–Crippen LogP) is 4.91. The number of alkyl halides is 6. The van der Waals surface area contributed by atoms with E-state index in [0.717, 1.165) is 17.0 Å². The Labute approximate surface area is 129 Å². The maximum absolute atomic E-state index is 13.1. The van der Waals surface area contributed by atoms with Gasteiger partial charge in [0.1, 0.15) is 6.04 Å². The molecule has 126 valence electrons. The molecule has 0 spiro atoms. The summed E-state index contributed by atoms with van der Waals surface area (Å²) >= 11 is 0. The molecule has 0 amide bonds. The molecule has 0 aliphatic rings. The van der Waals surface area contributed by atoms with Gasteiger partial charge in [0, 0.05) is 12.2 Å². The van der Waals surface area contributed by atoms with Crippen LogP contribution in [0.15, 0.2) is 30.9 Å². The first-order valence-corrected chi connectivity index (χ1v) is 6.61. The molecule has 1 atom stereocenters. The molecule has 23 heavy (non-hydrogen) atoms. The summed E-state index contributed by atoms with van der Waals surface area (Å²) in [5, 5.41) is 8.74. The first-order valence-electron chi connectivity index (χ1n) is 6.61. The number of hydrogen-bond donors (Lipinski definition) is 0. The molecule has 1 aromatic carbocycles. The van der Waals surface area contributed by atoms with Crippen LogP contribution in [0.3, 0.4) is 0 Å². The van der Waals surface area contributed by atoms with Gasteiger partial charge in [-0.05, 0) is 24.6 Å². The third kappa shape index (κ3) is 4.41. The second-order valence-corrected chi connectivity index (χ2v) is 4.75. The van der Waals surface area contributed by atoms with Crippen molar-refractivity contribution in [3.05, 3.63) is 42.0 Å². The van der Waals surface area contributed by atoms with E-state index in [9.17, 15) is 26.3 Å². The maximum atomic E-state index is 13.1. The second-order valence-electron chi connectivity index (χ2n) is 4.75. The quantitative estimate of drug-likeness (QED) is 0.564. The number of halogens is 6. The SMILES string of the molecule is C=CCN(c1ccc(C#N)c(C(F)(F)F)c1)C(CC)C(F)(F)F. The van der Waals surface area contributed by atoms with E-state index >= 15 is 0 Å². The largest absolute Gasteiger partial charge is 0.417 e. The highest BCUT2D eigenvalue weighted by atomic mass is 19.4. The van der Waals surface area contributed by atoms with Crippen LogP contribution in [0.2, 0.25) is 0 Å². The van der Waals surface area contributed by atoms with E-state index < -0.39 is 29.5 Å². The van der Waals surface area contributed by atoms with Crippen LogP contribution in [0.4, 0.5) is 32.0 Å². The Morgan fingerprint density at radius 1 is 1.26 bits per heavy atom. The molecule has 0 saturated heterocycles. The molecule has 0 bridgehead atoms. The van der Waals surface area contributed by atoms with Crippen LogP contribution in [-0.4, -0.2) is 18.8 Å². The average Bonchev–Trinajstić information content (AvgIpc) is 2.44. The summed E-state index contributed by atoms with van der Waals surface area (Å²) in [7, 11) is 0. The number of benzene rings is 1. The third-order valence-corrected chi connectivity index (χ3v) is 3.23. The van der Waals surface area contributed by atoms with Crippen molar-refractivity contribution in [3.8, 4) is 6.07 Å². The monoisotopic (exact) mass is 336 g/mol. The van der Waals surface area contributed by atoms with Crippen molar-refractivity contribution in [2.45, 2.75) is 31.7 Å². The molecule has 0 aromatic heterocycles. The number of nitriles is 1. The van der Waals surface area contributed by atoms with E-state index in [4.69, 9.17) is 5.26 Å². The molecule has 8 heteroatoms. The van der Waals surface area contributed by atoms with Gasteiger partial charge in [0.25, 0.3) is 0 Å². The summed E-state index contributed by atoms with van der Waals surface area (Å²) < 4.78 is 78.2. The second kappa shape index (κ2) is 6.94. The van der Waals surface area contributed by atoms with Crippen LogP contribution in [-0.2, 0) is 6.18 Å². The Balaban J connectivity index is 3.45. The Morgan fingerprint density at radius 2 is 1.87 bits per heavy atom. The van der Waals surface area contributed by atoms with Gasteiger partial charge in [0.2, 0.25) is 0 Å². The topological polar surface area (TPSA) is 27.0 Å². The van der Waals surface area contributed by atoms with Crippen molar-refractivity contribution in [2.24, 2.45) is 0 Å².